The molecule has 0 saturated carbocycles. The molecule has 0 aliphatic rings. The summed E-state index contributed by atoms with van der Waals surface area (Å²) < 4.78 is 0. The minimum absolute atomic E-state index is 0.0787. The molecule has 10 heavy (non-hydrogen) atoms. The van der Waals surface area contributed by atoms with E-state index in [-0.39, 0.29) is 11.6 Å². The molecule has 0 atom stereocenters. The van der Waals surface area contributed by atoms with Gasteiger partial charge in [-0.1, -0.05) is 13.8 Å². The summed E-state index contributed by atoms with van der Waals surface area (Å²) in [6.07, 6.45) is 0.404. The Hall–Kier alpha value is -1.06. The standard InChI is InChI=1S/C6H11N3O/c1-4(2)3-5(7)6(10)9-8/h4,7-8H,3H2,1-2H3. The number of rotatable bonds is 3. The molecule has 0 aliphatic carbocycles. The first kappa shape index (κ1) is 8.94. The van der Waals surface area contributed by atoms with Gasteiger partial charge >= 0.3 is 5.91 Å². The maximum Gasteiger partial charge on any atom is 0.308 e. The van der Waals surface area contributed by atoms with Crippen LogP contribution in [0.1, 0.15) is 20.3 Å². The average molecular weight is 141 g/mol. The van der Waals surface area contributed by atoms with E-state index < -0.39 is 5.91 Å². The molecular formula is C6H11N3O. The lowest BCUT2D eigenvalue weighted by molar-refractivity contribution is -0.112. The first-order chi connectivity index (χ1) is 4.57. The molecule has 0 unspecified atom stereocenters. The molecule has 4 heteroatoms. The molecule has 1 amide bonds. The second-order valence-corrected chi connectivity index (χ2v) is 2.49. The van der Waals surface area contributed by atoms with Crippen molar-refractivity contribution in [3.05, 3.63) is 0 Å². The number of nitrogens with one attached hydrogen (secondary N) is 2. The van der Waals surface area contributed by atoms with Gasteiger partial charge in [-0.3, -0.25) is 10.2 Å². The van der Waals surface area contributed by atoms with Crippen molar-refractivity contribution in [1.29, 1.82) is 10.9 Å². The smallest absolute Gasteiger partial charge is 0.300 e. The van der Waals surface area contributed by atoms with Crippen molar-refractivity contribution in [2.24, 2.45) is 11.0 Å². The molecule has 0 aromatic rings. The van der Waals surface area contributed by atoms with E-state index in [1.807, 2.05) is 13.8 Å². The van der Waals surface area contributed by atoms with Gasteiger partial charge in [0.1, 0.15) is 5.71 Å². The lowest BCUT2D eigenvalue weighted by Crippen LogP contribution is -2.11. The average Bonchev–Trinajstić information content (AvgIpc) is 1.85. The largest absolute Gasteiger partial charge is 0.308 e. The molecule has 56 valence electrons. The molecule has 2 N–H and O–H groups in total. The quantitative estimate of drug-likeness (QED) is 0.454. The Morgan fingerprint density at radius 3 is 2.40 bits per heavy atom. The zero-order chi connectivity index (χ0) is 8.15. The summed E-state index contributed by atoms with van der Waals surface area (Å²) in [4.78, 5) is 10.5. The number of amides is 1. The monoisotopic (exact) mass is 141 g/mol. The van der Waals surface area contributed by atoms with E-state index in [0.29, 0.717) is 6.42 Å². The topological polar surface area (TPSA) is 77.1 Å². The lowest BCUT2D eigenvalue weighted by atomic mass is 10.1. The Kier molecular flexibility index (Phi) is 3.46. The Balaban J connectivity index is 3.85. The third kappa shape index (κ3) is 3.06. The van der Waals surface area contributed by atoms with Crippen LogP contribution < -0.4 is 0 Å². The van der Waals surface area contributed by atoms with Crippen molar-refractivity contribution in [3.8, 4) is 0 Å². The number of carbonyl (C=O) groups is 1. The Morgan fingerprint density at radius 1 is 1.60 bits per heavy atom. The van der Waals surface area contributed by atoms with Crippen molar-refractivity contribution in [1.82, 2.24) is 0 Å². The summed E-state index contributed by atoms with van der Waals surface area (Å²) in [7, 11) is 0. The third-order valence-electron chi connectivity index (χ3n) is 0.972. The van der Waals surface area contributed by atoms with E-state index in [9.17, 15) is 4.79 Å². The fourth-order valence-electron chi connectivity index (χ4n) is 0.563. The highest BCUT2D eigenvalue weighted by atomic mass is 16.1. The summed E-state index contributed by atoms with van der Waals surface area (Å²) in [5.74, 6) is -0.452. The second-order valence-electron chi connectivity index (χ2n) is 2.49. The van der Waals surface area contributed by atoms with Crippen molar-refractivity contribution in [2.45, 2.75) is 20.3 Å². The van der Waals surface area contributed by atoms with Crippen LogP contribution in [0.2, 0.25) is 0 Å². The highest BCUT2D eigenvalue weighted by molar-refractivity contribution is 6.37. The van der Waals surface area contributed by atoms with Crippen LogP contribution in [-0.2, 0) is 4.79 Å². The maximum absolute atomic E-state index is 10.5. The van der Waals surface area contributed by atoms with Crippen molar-refractivity contribution in [2.75, 3.05) is 0 Å². The van der Waals surface area contributed by atoms with Crippen LogP contribution in [0.4, 0.5) is 0 Å². The van der Waals surface area contributed by atoms with Crippen molar-refractivity contribution < 1.29 is 4.79 Å². The zero-order valence-electron chi connectivity index (χ0n) is 6.14. The van der Waals surface area contributed by atoms with E-state index in [0.717, 1.165) is 0 Å². The highest BCUT2D eigenvalue weighted by Crippen LogP contribution is 2.00. The van der Waals surface area contributed by atoms with Gasteiger partial charge in [-0.2, -0.15) is 0 Å². The normalized spacial score (nSPS) is 9.50. The predicted octanol–water partition coefficient (Wildman–Crippen LogP) is 1.61. The van der Waals surface area contributed by atoms with E-state index in [2.05, 4.69) is 5.11 Å². The number of hydrogen-bond acceptors (Lipinski definition) is 3. The van der Waals surface area contributed by atoms with E-state index >= 15 is 0 Å². The predicted molar refractivity (Wildman–Crippen MR) is 37.3 cm³/mol. The van der Waals surface area contributed by atoms with Crippen LogP contribution in [-0.4, -0.2) is 11.6 Å². The number of nitrogens with zero attached hydrogens (tertiary/aromatic N) is 1. The van der Waals surface area contributed by atoms with E-state index in [1.165, 1.54) is 0 Å². The summed E-state index contributed by atoms with van der Waals surface area (Å²) >= 11 is 0. The molecule has 0 heterocycles. The fraction of sp³-hybridized carbons (Fsp3) is 0.667. The highest BCUT2D eigenvalue weighted by Gasteiger charge is 2.08. The fourth-order valence-corrected chi connectivity index (χ4v) is 0.563. The molecule has 0 aliphatic heterocycles. The second kappa shape index (κ2) is 3.87. The van der Waals surface area contributed by atoms with Gasteiger partial charge in [-0.15, -0.1) is 5.11 Å². The molecule has 0 spiro atoms. The molecule has 0 radical (unpaired) electrons. The molecular weight excluding hydrogens is 130 g/mol. The van der Waals surface area contributed by atoms with Crippen molar-refractivity contribution in [3.63, 3.8) is 0 Å². The maximum atomic E-state index is 10.5. The molecule has 0 fully saturated rings. The van der Waals surface area contributed by atoms with Crippen LogP contribution in [0, 0.1) is 16.9 Å². The lowest BCUT2D eigenvalue weighted by Gasteiger charge is -2.00. The number of hydrogen-bond donors (Lipinski definition) is 2. The van der Waals surface area contributed by atoms with Gasteiger partial charge in [-0.05, 0) is 12.3 Å². The van der Waals surface area contributed by atoms with Crippen LogP contribution in [0.25, 0.3) is 0 Å². The molecule has 0 aromatic carbocycles. The van der Waals surface area contributed by atoms with Crippen LogP contribution in [0.3, 0.4) is 0 Å². The van der Waals surface area contributed by atoms with Gasteiger partial charge in [0.05, 0.1) is 0 Å². The van der Waals surface area contributed by atoms with Gasteiger partial charge in [0.25, 0.3) is 0 Å². The Labute approximate surface area is 59.6 Å². The first-order valence-corrected chi connectivity index (χ1v) is 3.07. The SMILES string of the molecule is CC(C)CC(=N)C(=O)N=N. The summed E-state index contributed by atoms with van der Waals surface area (Å²) in [6, 6.07) is 0. The Morgan fingerprint density at radius 2 is 2.10 bits per heavy atom. The molecule has 0 saturated heterocycles. The molecule has 4 nitrogen and oxygen atoms in total. The molecule has 0 aromatic heterocycles. The van der Waals surface area contributed by atoms with Gasteiger partial charge in [-0.25, -0.2) is 5.53 Å². The van der Waals surface area contributed by atoms with Gasteiger partial charge < -0.3 is 0 Å². The summed E-state index contributed by atoms with van der Waals surface area (Å²) in [5.41, 5.74) is 6.24. The summed E-state index contributed by atoms with van der Waals surface area (Å²) in [5, 5.41) is 9.69. The minimum Gasteiger partial charge on any atom is -0.300 e. The summed E-state index contributed by atoms with van der Waals surface area (Å²) in [6.45, 7) is 3.82. The molecule has 0 bridgehead atoms. The van der Waals surface area contributed by atoms with Crippen LogP contribution in [0.15, 0.2) is 5.11 Å². The van der Waals surface area contributed by atoms with Gasteiger partial charge in [0, 0.05) is 0 Å². The third-order valence-corrected chi connectivity index (χ3v) is 0.972. The van der Waals surface area contributed by atoms with Gasteiger partial charge in [0.2, 0.25) is 0 Å². The minimum atomic E-state index is -0.728. The van der Waals surface area contributed by atoms with Gasteiger partial charge in [0.15, 0.2) is 0 Å². The van der Waals surface area contributed by atoms with E-state index in [4.69, 9.17) is 10.9 Å². The zero-order valence-corrected chi connectivity index (χ0v) is 6.14. The van der Waals surface area contributed by atoms with Crippen LogP contribution >= 0.6 is 0 Å². The number of carbonyl (C=O) groups excluding carboxylic acids is 1. The van der Waals surface area contributed by atoms with Crippen molar-refractivity contribution >= 4 is 11.6 Å². The first-order valence-electron chi connectivity index (χ1n) is 3.07. The van der Waals surface area contributed by atoms with E-state index in [1.54, 1.807) is 0 Å². The van der Waals surface area contributed by atoms with Crippen LogP contribution in [0.5, 0.6) is 0 Å². The Bertz CT molecular complexity index is 162. The molecule has 0 rings (SSSR count).